The average Bonchev–Trinajstić information content (AvgIpc) is 3.09. The van der Waals surface area contributed by atoms with Gasteiger partial charge < -0.3 is 19.3 Å². The molecule has 2 aliphatic heterocycles. The fourth-order valence-corrected chi connectivity index (χ4v) is 4.85. The molecule has 0 aliphatic carbocycles. The van der Waals surface area contributed by atoms with Crippen LogP contribution >= 0.6 is 11.8 Å². The molecule has 12 heteroatoms. The number of nitrogens with zero attached hydrogens (tertiary/aromatic N) is 5. The number of anilines is 2. The van der Waals surface area contributed by atoms with E-state index in [2.05, 4.69) is 38.4 Å². The lowest BCUT2D eigenvalue weighted by Crippen LogP contribution is -2.50. The second-order valence-electron chi connectivity index (χ2n) is 8.07. The molecular weight excluding hydrogens is 459 g/mol. The highest BCUT2D eigenvalue weighted by Crippen LogP contribution is 2.30. The summed E-state index contributed by atoms with van der Waals surface area (Å²) in [6.07, 6.45) is -0.203. The molecule has 0 spiro atoms. The van der Waals surface area contributed by atoms with Gasteiger partial charge in [0.15, 0.2) is 12.7 Å². The first-order valence-electron chi connectivity index (χ1n) is 10.5. The van der Waals surface area contributed by atoms with Crippen LogP contribution in [0.25, 0.3) is 0 Å². The maximum absolute atomic E-state index is 12.8. The summed E-state index contributed by atoms with van der Waals surface area (Å²) in [6.45, 7) is 5.21. The smallest absolute Gasteiger partial charge is 0.422 e. The van der Waals surface area contributed by atoms with E-state index in [4.69, 9.17) is 4.74 Å². The molecule has 178 valence electrons. The average molecular weight is 484 g/mol. The van der Waals surface area contributed by atoms with Crippen molar-refractivity contribution in [3.05, 3.63) is 30.7 Å². The minimum Gasteiger partial charge on any atom is -0.479 e. The zero-order valence-electron chi connectivity index (χ0n) is 18.2. The highest BCUT2D eigenvalue weighted by Gasteiger charge is 2.35. The molecule has 2 aliphatic rings. The molecular formula is C21H24F3N5O3S. The number of alkyl halides is 3. The van der Waals surface area contributed by atoms with Crippen LogP contribution in [0.5, 0.6) is 11.6 Å². The number of pyridine rings is 1. The Kier molecular flexibility index (Phi) is 6.82. The summed E-state index contributed by atoms with van der Waals surface area (Å²) < 4.78 is 46.9. The summed E-state index contributed by atoms with van der Waals surface area (Å²) in [5.41, 5.74) is 0.595. The number of carbonyl (C=O) groups excluding carboxylic acids is 1. The van der Waals surface area contributed by atoms with Crippen LogP contribution in [0.15, 0.2) is 30.7 Å². The van der Waals surface area contributed by atoms with Gasteiger partial charge in [0.05, 0.1) is 24.3 Å². The normalized spacial score (nSPS) is 19.2. The van der Waals surface area contributed by atoms with Gasteiger partial charge in [-0.15, -0.1) is 0 Å². The molecule has 2 saturated heterocycles. The van der Waals surface area contributed by atoms with Crippen molar-refractivity contribution in [2.45, 2.75) is 43.0 Å². The molecule has 0 bridgehead atoms. The molecule has 1 amide bonds. The Morgan fingerprint density at radius 2 is 1.88 bits per heavy atom. The van der Waals surface area contributed by atoms with Crippen LogP contribution in [-0.2, 0) is 4.79 Å². The lowest BCUT2D eigenvalue weighted by molar-refractivity contribution is -0.154. The largest absolute Gasteiger partial charge is 0.479 e. The molecule has 0 unspecified atom stereocenters. The van der Waals surface area contributed by atoms with E-state index in [9.17, 15) is 18.0 Å². The molecule has 2 aromatic heterocycles. The zero-order chi connectivity index (χ0) is 23.6. The Balaban J connectivity index is 1.29. The van der Waals surface area contributed by atoms with Gasteiger partial charge in [0.1, 0.15) is 5.75 Å². The van der Waals surface area contributed by atoms with Crippen molar-refractivity contribution in [1.82, 2.24) is 15.0 Å². The molecule has 0 saturated carbocycles. The predicted molar refractivity (Wildman–Crippen MR) is 118 cm³/mol. The molecule has 0 radical (unpaired) electrons. The lowest BCUT2D eigenvalue weighted by Gasteiger charge is -2.39. The maximum Gasteiger partial charge on any atom is 0.422 e. The molecule has 0 N–H and O–H groups in total. The number of halogens is 3. The van der Waals surface area contributed by atoms with E-state index in [0.29, 0.717) is 35.1 Å². The Morgan fingerprint density at radius 3 is 2.48 bits per heavy atom. The van der Waals surface area contributed by atoms with Crippen LogP contribution in [0.3, 0.4) is 0 Å². The first-order valence-corrected chi connectivity index (χ1v) is 11.5. The fraction of sp³-hybridized carbons (Fsp3) is 0.524. The summed E-state index contributed by atoms with van der Waals surface area (Å²) in [5.74, 6) is 0.513. The molecule has 1 atom stereocenters. The van der Waals surface area contributed by atoms with Crippen LogP contribution in [0.4, 0.5) is 24.8 Å². The number of aromatic nitrogens is 3. The number of amides is 1. The molecule has 8 nitrogen and oxygen atoms in total. The van der Waals surface area contributed by atoms with Crippen molar-refractivity contribution in [3.63, 3.8) is 0 Å². The molecule has 2 fully saturated rings. The van der Waals surface area contributed by atoms with E-state index < -0.39 is 18.9 Å². The minimum atomic E-state index is -4.44. The van der Waals surface area contributed by atoms with Gasteiger partial charge in [-0.1, -0.05) is 13.8 Å². The second kappa shape index (κ2) is 9.62. The molecule has 4 rings (SSSR count). The third-order valence-electron chi connectivity index (χ3n) is 5.06. The van der Waals surface area contributed by atoms with Crippen molar-refractivity contribution in [2.24, 2.45) is 0 Å². The first kappa shape index (κ1) is 23.4. The number of hydrogen-bond donors (Lipinski definition) is 0. The highest BCUT2D eigenvalue weighted by atomic mass is 32.2. The van der Waals surface area contributed by atoms with E-state index in [-0.39, 0.29) is 17.5 Å². The van der Waals surface area contributed by atoms with Crippen molar-refractivity contribution in [1.29, 1.82) is 0 Å². The van der Waals surface area contributed by atoms with Crippen LogP contribution in [0, 0.1) is 0 Å². The maximum atomic E-state index is 12.8. The zero-order valence-corrected chi connectivity index (χ0v) is 19.0. The van der Waals surface area contributed by atoms with E-state index in [0.717, 1.165) is 13.1 Å². The Bertz CT molecular complexity index is 953. The predicted octanol–water partition coefficient (Wildman–Crippen LogP) is 3.33. The van der Waals surface area contributed by atoms with Crippen LogP contribution in [0.1, 0.15) is 20.3 Å². The van der Waals surface area contributed by atoms with E-state index in [1.807, 2.05) is 11.8 Å². The first-order chi connectivity index (χ1) is 15.7. The van der Waals surface area contributed by atoms with Crippen LogP contribution < -0.4 is 19.3 Å². The van der Waals surface area contributed by atoms with Gasteiger partial charge in [0.2, 0.25) is 11.8 Å². The minimum absolute atomic E-state index is 0.174. The Labute approximate surface area is 193 Å². The van der Waals surface area contributed by atoms with E-state index in [1.54, 1.807) is 17.3 Å². The molecule has 2 aromatic rings. The number of hydrogen-bond acceptors (Lipinski definition) is 8. The third-order valence-corrected chi connectivity index (χ3v) is 6.29. The van der Waals surface area contributed by atoms with Gasteiger partial charge in [0.25, 0.3) is 5.91 Å². The summed E-state index contributed by atoms with van der Waals surface area (Å²) in [5, 5.41) is 1.18. The number of carbonyl (C=O) groups is 1. The topological polar surface area (TPSA) is 80.7 Å². The van der Waals surface area contributed by atoms with Crippen LogP contribution in [-0.4, -0.2) is 69.9 Å². The summed E-state index contributed by atoms with van der Waals surface area (Å²) in [6, 6.07) is 2.69. The SMILES string of the molecule is CC(C)SC1CN(c2ncc(N3CC[C@@H](Oc4ccc(OCC(F)(F)F)nc4)C3=O)cn2)C1. The standard InChI is InChI=1S/C21H24F3N5O3S/c1-13(2)33-16-10-28(11-16)20-26-7-14(8-27-20)29-6-5-17(19(29)30)32-15-3-4-18(25-9-15)31-12-21(22,23)24/h3-4,7-9,13,16-17H,5-6,10-12H2,1-2H3/t17-/m1/s1. The molecule has 33 heavy (non-hydrogen) atoms. The van der Waals surface area contributed by atoms with Gasteiger partial charge in [-0.05, 0) is 11.3 Å². The Morgan fingerprint density at radius 1 is 1.15 bits per heavy atom. The van der Waals surface area contributed by atoms with E-state index >= 15 is 0 Å². The van der Waals surface area contributed by atoms with Gasteiger partial charge in [-0.3, -0.25) is 4.79 Å². The fourth-order valence-electron chi connectivity index (χ4n) is 3.55. The third kappa shape index (κ3) is 5.98. The van der Waals surface area contributed by atoms with Gasteiger partial charge in [-0.25, -0.2) is 15.0 Å². The summed E-state index contributed by atoms with van der Waals surface area (Å²) in [7, 11) is 0. The highest BCUT2D eigenvalue weighted by molar-refractivity contribution is 8.00. The Hall–Kier alpha value is -2.76. The van der Waals surface area contributed by atoms with Crippen molar-refractivity contribution >= 4 is 29.3 Å². The molecule has 4 heterocycles. The van der Waals surface area contributed by atoms with Crippen molar-refractivity contribution < 1.29 is 27.4 Å². The number of rotatable bonds is 8. The van der Waals surface area contributed by atoms with Crippen molar-refractivity contribution in [3.8, 4) is 11.6 Å². The second-order valence-corrected chi connectivity index (χ2v) is 9.96. The van der Waals surface area contributed by atoms with Gasteiger partial charge >= 0.3 is 6.18 Å². The van der Waals surface area contributed by atoms with Crippen LogP contribution in [0.2, 0.25) is 0 Å². The van der Waals surface area contributed by atoms with Gasteiger partial charge in [-0.2, -0.15) is 24.9 Å². The summed E-state index contributed by atoms with van der Waals surface area (Å²) in [4.78, 5) is 29.1. The van der Waals surface area contributed by atoms with Crippen molar-refractivity contribution in [2.75, 3.05) is 36.0 Å². The van der Waals surface area contributed by atoms with E-state index in [1.165, 1.54) is 18.3 Å². The molecule has 0 aromatic carbocycles. The monoisotopic (exact) mass is 483 g/mol. The number of thioether (sulfide) groups is 1. The van der Waals surface area contributed by atoms with Gasteiger partial charge in [0, 0.05) is 37.4 Å². The number of ether oxygens (including phenoxy) is 2. The lowest BCUT2D eigenvalue weighted by atomic mass is 10.2. The summed E-state index contributed by atoms with van der Waals surface area (Å²) >= 11 is 1.95. The quantitative estimate of drug-likeness (QED) is 0.566.